The summed E-state index contributed by atoms with van der Waals surface area (Å²) in [6, 6.07) is 0. The third kappa shape index (κ3) is 27.3. The fourth-order valence-electron chi connectivity index (χ4n) is 2.85. The molecule has 0 aromatic rings. The average Bonchev–Trinajstić information content (AvgIpc) is 2.87. The van der Waals surface area contributed by atoms with Crippen molar-refractivity contribution in [3.8, 4) is 0 Å². The van der Waals surface area contributed by atoms with E-state index in [4.69, 9.17) is 13.8 Å². The summed E-state index contributed by atoms with van der Waals surface area (Å²) in [5, 5.41) is 9.38. The van der Waals surface area contributed by atoms with Crippen molar-refractivity contribution in [1.29, 1.82) is 0 Å². The molecule has 0 saturated heterocycles. The number of aliphatic hydroxyl groups is 1. The first-order valence-corrected chi connectivity index (χ1v) is 15.2. The molecular formula is C30H51NO7P+. The Hall–Kier alpha value is -2.06. The maximum absolute atomic E-state index is 12.0. The van der Waals surface area contributed by atoms with Gasteiger partial charge in [-0.05, 0) is 44.9 Å². The van der Waals surface area contributed by atoms with Crippen LogP contribution in [0.25, 0.3) is 0 Å². The van der Waals surface area contributed by atoms with Gasteiger partial charge in [-0.25, -0.2) is 4.57 Å². The Kier molecular flexibility index (Phi) is 22.5. The molecule has 0 rings (SSSR count). The van der Waals surface area contributed by atoms with Crippen molar-refractivity contribution in [1.82, 2.24) is 0 Å². The molecule has 9 heteroatoms. The van der Waals surface area contributed by atoms with Gasteiger partial charge in [0.05, 0.1) is 34.4 Å². The number of phosphoric acid groups is 1. The van der Waals surface area contributed by atoms with E-state index in [2.05, 4.69) is 67.7 Å². The summed E-state index contributed by atoms with van der Waals surface area (Å²) in [7, 11) is 1.49. The van der Waals surface area contributed by atoms with Crippen LogP contribution in [0.2, 0.25) is 0 Å². The van der Waals surface area contributed by atoms with Crippen LogP contribution < -0.4 is 0 Å². The second kappa shape index (κ2) is 23.8. The van der Waals surface area contributed by atoms with E-state index in [0.717, 1.165) is 38.5 Å². The van der Waals surface area contributed by atoms with Crippen LogP contribution in [0.5, 0.6) is 0 Å². The molecule has 0 heterocycles. The fraction of sp³-hybridized carbons (Fsp3) is 0.567. The second-order valence-electron chi connectivity index (χ2n) is 9.86. The Morgan fingerprint density at radius 3 is 1.69 bits per heavy atom. The Labute approximate surface area is 236 Å². The summed E-state index contributed by atoms with van der Waals surface area (Å²) in [5.41, 5.74) is 0. The number of aliphatic hydroxyl groups excluding tert-OH is 1. The monoisotopic (exact) mass is 568 g/mol. The lowest BCUT2D eigenvalue weighted by atomic mass is 10.2. The van der Waals surface area contributed by atoms with Crippen LogP contribution >= 0.6 is 7.82 Å². The third-order valence-electron chi connectivity index (χ3n) is 5.05. The van der Waals surface area contributed by atoms with Gasteiger partial charge in [0.15, 0.2) is 0 Å². The summed E-state index contributed by atoms with van der Waals surface area (Å²) in [6.45, 7) is 1.73. The van der Waals surface area contributed by atoms with Gasteiger partial charge in [0.1, 0.15) is 19.3 Å². The first kappa shape index (κ1) is 36.9. The van der Waals surface area contributed by atoms with Gasteiger partial charge in [0.2, 0.25) is 0 Å². The third-order valence-corrected chi connectivity index (χ3v) is 6.04. The van der Waals surface area contributed by atoms with E-state index >= 15 is 0 Å². The molecule has 0 fully saturated rings. The number of hydrogen-bond acceptors (Lipinski definition) is 6. The predicted octanol–water partition coefficient (Wildman–Crippen LogP) is 6.21. The van der Waals surface area contributed by atoms with Crippen molar-refractivity contribution >= 4 is 13.8 Å². The van der Waals surface area contributed by atoms with Gasteiger partial charge in [-0.3, -0.25) is 13.8 Å². The van der Waals surface area contributed by atoms with Crippen LogP contribution in [0, 0.1) is 0 Å². The van der Waals surface area contributed by atoms with Crippen LogP contribution in [-0.2, 0) is 23.1 Å². The van der Waals surface area contributed by atoms with Crippen LogP contribution in [0.15, 0.2) is 72.9 Å². The second-order valence-corrected chi connectivity index (χ2v) is 11.3. The number of allylic oxidation sites excluding steroid dienone is 12. The molecule has 0 bridgehead atoms. The highest BCUT2D eigenvalue weighted by molar-refractivity contribution is 7.47. The van der Waals surface area contributed by atoms with Crippen LogP contribution in [0.1, 0.15) is 58.3 Å². The fourth-order valence-corrected chi connectivity index (χ4v) is 3.60. The summed E-state index contributed by atoms with van der Waals surface area (Å²) in [5.74, 6) is -0.518. The number of carbonyl (C=O) groups excluding carboxylic acids is 1. The quantitative estimate of drug-likeness (QED) is 0.0654. The van der Waals surface area contributed by atoms with Crippen molar-refractivity contribution in [3.05, 3.63) is 72.9 Å². The number of carbonyl (C=O) groups is 1. The van der Waals surface area contributed by atoms with E-state index in [1.165, 1.54) is 0 Å². The first-order chi connectivity index (χ1) is 18.6. The molecule has 0 aromatic carbocycles. The van der Waals surface area contributed by atoms with Crippen molar-refractivity contribution < 1.29 is 37.6 Å². The summed E-state index contributed by atoms with van der Waals surface area (Å²) >= 11 is 0. The zero-order valence-electron chi connectivity index (χ0n) is 24.3. The maximum atomic E-state index is 12.0. The highest BCUT2D eigenvalue weighted by Crippen LogP contribution is 2.43. The number of ether oxygens (including phenoxy) is 1. The normalized spacial score (nSPS) is 15.5. The van der Waals surface area contributed by atoms with E-state index in [0.29, 0.717) is 17.4 Å². The Balaban J connectivity index is 3.95. The number of rotatable bonds is 23. The van der Waals surface area contributed by atoms with Crippen molar-refractivity contribution in [3.63, 3.8) is 0 Å². The van der Waals surface area contributed by atoms with E-state index in [-0.39, 0.29) is 13.0 Å². The van der Waals surface area contributed by atoms with Gasteiger partial charge in [-0.1, -0.05) is 79.8 Å². The molecule has 222 valence electrons. The van der Waals surface area contributed by atoms with E-state index in [9.17, 15) is 19.4 Å². The molecule has 0 saturated carbocycles. The lowest BCUT2D eigenvalue weighted by Gasteiger charge is -2.24. The summed E-state index contributed by atoms with van der Waals surface area (Å²) < 4.78 is 27.4. The van der Waals surface area contributed by atoms with Gasteiger partial charge >= 0.3 is 13.8 Å². The number of esters is 1. The standard InChI is InChI=1S/C30H50NO7P/c1-5-6-7-8-9-10-11-12-13-14-15-16-17-18-19-20-21-22-23-24-30(33)38-29(27-32)28-37-39(34,35)36-26-25-31(2,3)4/h6-7,9-10,12-13,15-16,18-19,21-22,29,32H,5,8,11,14,17,20,23-28H2,1-4H3/p+1/b7-6+,10-9+,13-12+,16-15+,19-18+,22-21+. The molecular weight excluding hydrogens is 517 g/mol. The number of hydrogen-bond donors (Lipinski definition) is 2. The number of likely N-dealkylation sites (N-methyl/N-ethyl adjacent to an activating group) is 1. The number of phosphoric ester groups is 1. The summed E-state index contributed by atoms with van der Waals surface area (Å²) in [6.07, 6.45) is 30.6. The van der Waals surface area contributed by atoms with Crippen LogP contribution in [0.4, 0.5) is 0 Å². The lowest BCUT2D eigenvalue weighted by molar-refractivity contribution is -0.870. The average molecular weight is 569 g/mol. The zero-order chi connectivity index (χ0) is 29.2. The molecule has 0 amide bonds. The molecule has 8 nitrogen and oxygen atoms in total. The highest BCUT2D eigenvalue weighted by Gasteiger charge is 2.25. The molecule has 0 aliphatic carbocycles. The molecule has 0 aliphatic heterocycles. The Morgan fingerprint density at radius 1 is 0.795 bits per heavy atom. The minimum absolute atomic E-state index is 0.0345. The molecule has 2 atom stereocenters. The van der Waals surface area contributed by atoms with Crippen LogP contribution in [0.3, 0.4) is 0 Å². The van der Waals surface area contributed by atoms with Gasteiger partial charge in [-0.2, -0.15) is 0 Å². The van der Waals surface area contributed by atoms with Crippen molar-refractivity contribution in [2.24, 2.45) is 0 Å². The number of quaternary nitrogens is 1. The first-order valence-electron chi connectivity index (χ1n) is 13.7. The number of nitrogens with zero attached hydrogens (tertiary/aromatic N) is 1. The lowest BCUT2D eigenvalue weighted by Crippen LogP contribution is -2.37. The summed E-state index contributed by atoms with van der Waals surface area (Å²) in [4.78, 5) is 21.7. The van der Waals surface area contributed by atoms with Gasteiger partial charge in [0.25, 0.3) is 0 Å². The van der Waals surface area contributed by atoms with Gasteiger partial charge < -0.3 is 19.2 Å². The minimum atomic E-state index is -4.29. The van der Waals surface area contributed by atoms with E-state index < -0.39 is 33.1 Å². The minimum Gasteiger partial charge on any atom is -0.457 e. The highest BCUT2D eigenvalue weighted by atomic mass is 31.2. The maximum Gasteiger partial charge on any atom is 0.472 e. The van der Waals surface area contributed by atoms with Gasteiger partial charge in [0, 0.05) is 6.42 Å². The molecule has 2 unspecified atom stereocenters. The van der Waals surface area contributed by atoms with Crippen molar-refractivity contribution in [2.75, 3.05) is 47.5 Å². The molecule has 0 aromatic heterocycles. The molecule has 0 radical (unpaired) electrons. The van der Waals surface area contributed by atoms with Gasteiger partial charge in [-0.15, -0.1) is 0 Å². The molecule has 0 aliphatic rings. The Morgan fingerprint density at radius 2 is 1.26 bits per heavy atom. The molecule has 0 spiro atoms. The van der Waals surface area contributed by atoms with E-state index in [1.807, 2.05) is 33.3 Å². The SMILES string of the molecule is CC/C=C/C/C=C/C/C=C/C/C=C/C/C=C/C/C=C/CCC(=O)OC(CO)COP(=O)(O)OCC[N+](C)(C)C. The largest absolute Gasteiger partial charge is 0.472 e. The van der Waals surface area contributed by atoms with E-state index in [1.54, 1.807) is 0 Å². The van der Waals surface area contributed by atoms with Crippen molar-refractivity contribution in [2.45, 2.75) is 64.4 Å². The smallest absolute Gasteiger partial charge is 0.457 e. The van der Waals surface area contributed by atoms with Crippen LogP contribution in [-0.4, -0.2) is 74.1 Å². The molecule has 39 heavy (non-hydrogen) atoms. The Bertz CT molecular complexity index is 854. The topological polar surface area (TPSA) is 102 Å². The molecule has 2 N–H and O–H groups in total. The predicted molar refractivity (Wildman–Crippen MR) is 159 cm³/mol. The zero-order valence-corrected chi connectivity index (χ0v) is 25.2.